The quantitative estimate of drug-likeness (QED) is 0.491. The molecule has 1 aliphatic heterocycles. The molecule has 0 aromatic carbocycles. The van der Waals surface area contributed by atoms with Gasteiger partial charge >= 0.3 is 11.7 Å². The Hall–Kier alpha value is -2.30. The molecule has 1 fully saturated rings. The third kappa shape index (κ3) is 2.98. The van der Waals surface area contributed by atoms with Gasteiger partial charge in [0.25, 0.3) is 0 Å². The number of nitrogen functional groups attached to an aromatic ring is 1. The molecular formula is C12H14FN3O6. The predicted octanol–water partition coefficient (Wildman–Crippen LogP) is -1.49. The topological polar surface area (TPSA) is 148 Å². The molecule has 4 atom stereocenters. The second-order valence-corrected chi connectivity index (χ2v) is 4.63. The molecule has 0 aliphatic carbocycles. The van der Waals surface area contributed by atoms with E-state index in [1.54, 1.807) is 0 Å². The Balaban J connectivity index is 2.41. The van der Waals surface area contributed by atoms with Gasteiger partial charge in [-0.05, 0) is 6.08 Å². The summed E-state index contributed by atoms with van der Waals surface area (Å²) < 4.78 is 19.9. The Labute approximate surface area is 123 Å². The summed E-state index contributed by atoms with van der Waals surface area (Å²) in [6.45, 7) is -0.624. The molecular weight excluding hydrogens is 301 g/mol. The van der Waals surface area contributed by atoms with Crippen molar-refractivity contribution in [2.24, 2.45) is 0 Å². The van der Waals surface area contributed by atoms with Crippen LogP contribution in [0.3, 0.4) is 0 Å². The second kappa shape index (κ2) is 6.22. The normalized spacial score (nSPS) is 28.3. The van der Waals surface area contributed by atoms with Crippen molar-refractivity contribution in [3.8, 4) is 0 Å². The number of aliphatic carboxylic acids is 1. The molecule has 1 saturated heterocycles. The molecule has 120 valence electrons. The molecule has 10 heteroatoms. The fourth-order valence-corrected chi connectivity index (χ4v) is 2.05. The monoisotopic (exact) mass is 315 g/mol. The molecule has 1 aromatic rings. The third-order valence-corrected chi connectivity index (χ3v) is 3.16. The van der Waals surface area contributed by atoms with Crippen LogP contribution in [0.5, 0.6) is 0 Å². The van der Waals surface area contributed by atoms with Gasteiger partial charge < -0.3 is 25.8 Å². The fraction of sp³-hybridized carbons (Fsp3) is 0.417. The van der Waals surface area contributed by atoms with Crippen molar-refractivity contribution < 1.29 is 29.2 Å². The maximum Gasteiger partial charge on any atom is 0.351 e. The zero-order chi connectivity index (χ0) is 16.4. The van der Waals surface area contributed by atoms with Crippen LogP contribution in [-0.2, 0) is 9.53 Å². The van der Waals surface area contributed by atoms with Gasteiger partial charge in [-0.3, -0.25) is 4.57 Å². The highest BCUT2D eigenvalue weighted by molar-refractivity contribution is 5.86. The smallest absolute Gasteiger partial charge is 0.351 e. The van der Waals surface area contributed by atoms with Crippen LogP contribution in [0, 0.1) is 0 Å². The van der Waals surface area contributed by atoms with E-state index in [9.17, 15) is 19.1 Å². The fourth-order valence-electron chi connectivity index (χ4n) is 2.05. The Bertz CT molecular complexity index is 661. The Kier molecular flexibility index (Phi) is 4.54. The minimum atomic E-state index is -1.96. The van der Waals surface area contributed by atoms with Crippen LogP contribution in [0.25, 0.3) is 6.08 Å². The van der Waals surface area contributed by atoms with Gasteiger partial charge in [-0.25, -0.2) is 14.0 Å². The van der Waals surface area contributed by atoms with Crippen molar-refractivity contribution in [1.82, 2.24) is 9.55 Å². The number of anilines is 1. The van der Waals surface area contributed by atoms with Crippen molar-refractivity contribution in [3.63, 3.8) is 0 Å². The summed E-state index contributed by atoms with van der Waals surface area (Å²) in [5.74, 6) is -1.47. The number of nitrogens with two attached hydrogens (primary N) is 1. The number of carboxylic acid groups (broad SMARTS) is 1. The van der Waals surface area contributed by atoms with E-state index in [0.717, 1.165) is 22.9 Å². The van der Waals surface area contributed by atoms with Gasteiger partial charge in [0.1, 0.15) is 18.0 Å². The van der Waals surface area contributed by atoms with Crippen molar-refractivity contribution in [2.75, 3.05) is 12.3 Å². The Morgan fingerprint density at radius 1 is 1.59 bits per heavy atom. The van der Waals surface area contributed by atoms with E-state index in [4.69, 9.17) is 20.7 Å². The maximum absolute atomic E-state index is 14.0. The lowest BCUT2D eigenvalue weighted by Crippen LogP contribution is -2.34. The largest absolute Gasteiger partial charge is 0.478 e. The van der Waals surface area contributed by atoms with Crippen LogP contribution in [0.2, 0.25) is 0 Å². The van der Waals surface area contributed by atoms with E-state index in [1.165, 1.54) is 0 Å². The van der Waals surface area contributed by atoms with Crippen LogP contribution >= 0.6 is 0 Å². The molecule has 22 heavy (non-hydrogen) atoms. The second-order valence-electron chi connectivity index (χ2n) is 4.63. The lowest BCUT2D eigenvalue weighted by Gasteiger charge is -2.16. The third-order valence-electron chi connectivity index (χ3n) is 3.16. The SMILES string of the molecule is Nc1nc(=O)n(C2OC(CO)C(O)C2F)cc1/C=C/C(=O)O. The molecule has 4 unspecified atom stereocenters. The first-order valence-corrected chi connectivity index (χ1v) is 6.23. The van der Waals surface area contributed by atoms with E-state index in [2.05, 4.69) is 4.98 Å². The average Bonchev–Trinajstić information content (AvgIpc) is 2.74. The molecule has 0 amide bonds. The van der Waals surface area contributed by atoms with Gasteiger partial charge in [0.2, 0.25) is 0 Å². The van der Waals surface area contributed by atoms with Crippen molar-refractivity contribution in [1.29, 1.82) is 0 Å². The summed E-state index contributed by atoms with van der Waals surface area (Å²) in [5, 5.41) is 27.1. The molecule has 0 bridgehead atoms. The molecule has 1 aromatic heterocycles. The highest BCUT2D eigenvalue weighted by Gasteiger charge is 2.45. The summed E-state index contributed by atoms with van der Waals surface area (Å²) in [6.07, 6.45) is -3.30. The number of aliphatic hydroxyl groups excluding tert-OH is 2. The van der Waals surface area contributed by atoms with Gasteiger partial charge in [-0.15, -0.1) is 0 Å². The number of halogens is 1. The van der Waals surface area contributed by atoms with E-state index in [1.807, 2.05) is 0 Å². The number of carboxylic acids is 1. The number of nitrogens with zero attached hydrogens (tertiary/aromatic N) is 2. The van der Waals surface area contributed by atoms with E-state index in [-0.39, 0.29) is 11.4 Å². The van der Waals surface area contributed by atoms with Crippen molar-refractivity contribution >= 4 is 17.9 Å². The Morgan fingerprint density at radius 3 is 2.82 bits per heavy atom. The zero-order valence-electron chi connectivity index (χ0n) is 11.2. The number of aliphatic hydroxyl groups is 2. The lowest BCUT2D eigenvalue weighted by atomic mass is 10.1. The van der Waals surface area contributed by atoms with E-state index < -0.39 is 42.9 Å². The van der Waals surface area contributed by atoms with Crippen LogP contribution in [0.4, 0.5) is 10.2 Å². The zero-order valence-corrected chi connectivity index (χ0v) is 11.2. The minimum absolute atomic E-state index is 0.0692. The molecule has 0 spiro atoms. The van der Waals surface area contributed by atoms with Crippen LogP contribution in [0.1, 0.15) is 11.8 Å². The van der Waals surface area contributed by atoms with Crippen LogP contribution in [0.15, 0.2) is 17.1 Å². The Morgan fingerprint density at radius 2 is 2.27 bits per heavy atom. The summed E-state index contributed by atoms with van der Waals surface area (Å²) in [6, 6.07) is 0. The first-order chi connectivity index (χ1) is 10.3. The van der Waals surface area contributed by atoms with Crippen LogP contribution in [-0.4, -0.2) is 55.8 Å². The first kappa shape index (κ1) is 16.1. The maximum atomic E-state index is 14.0. The summed E-state index contributed by atoms with van der Waals surface area (Å²) >= 11 is 0. The summed E-state index contributed by atoms with van der Waals surface area (Å²) in [7, 11) is 0. The molecule has 0 radical (unpaired) electrons. The number of hydrogen-bond donors (Lipinski definition) is 4. The van der Waals surface area contributed by atoms with Crippen LogP contribution < -0.4 is 11.4 Å². The number of ether oxygens (including phenoxy) is 1. The number of hydrogen-bond acceptors (Lipinski definition) is 7. The van der Waals surface area contributed by atoms with E-state index >= 15 is 0 Å². The number of aromatic nitrogens is 2. The predicted molar refractivity (Wildman–Crippen MR) is 71.5 cm³/mol. The summed E-state index contributed by atoms with van der Waals surface area (Å²) in [4.78, 5) is 25.8. The standard InChI is InChI=1S/C12H14FN3O6/c13-8-9(20)6(4-17)22-11(8)16-3-5(1-2-7(18)19)10(14)15-12(16)21/h1-3,6,8-9,11,17,20H,4H2,(H,18,19)(H2,14,15,21)/b2-1+. The van der Waals surface area contributed by atoms with Crippen molar-refractivity contribution in [2.45, 2.75) is 24.6 Å². The van der Waals surface area contributed by atoms with E-state index in [0.29, 0.717) is 0 Å². The highest BCUT2D eigenvalue weighted by Crippen LogP contribution is 2.31. The summed E-state index contributed by atoms with van der Waals surface area (Å²) in [5.41, 5.74) is 4.64. The van der Waals surface area contributed by atoms with Gasteiger partial charge in [0.15, 0.2) is 12.4 Å². The van der Waals surface area contributed by atoms with Gasteiger partial charge in [-0.2, -0.15) is 4.98 Å². The molecule has 9 nitrogen and oxygen atoms in total. The van der Waals surface area contributed by atoms with Crippen molar-refractivity contribution in [3.05, 3.63) is 28.3 Å². The highest BCUT2D eigenvalue weighted by atomic mass is 19.1. The molecule has 5 N–H and O–H groups in total. The first-order valence-electron chi connectivity index (χ1n) is 6.23. The van der Waals surface area contributed by atoms with Gasteiger partial charge in [-0.1, -0.05) is 0 Å². The lowest BCUT2D eigenvalue weighted by molar-refractivity contribution is -0.131. The number of alkyl halides is 1. The number of carbonyl (C=O) groups is 1. The van der Waals surface area contributed by atoms with Gasteiger partial charge in [0, 0.05) is 17.8 Å². The van der Waals surface area contributed by atoms with Gasteiger partial charge in [0.05, 0.1) is 6.61 Å². The molecule has 0 saturated carbocycles. The minimum Gasteiger partial charge on any atom is -0.478 e. The molecule has 2 heterocycles. The molecule has 1 aliphatic rings. The average molecular weight is 315 g/mol. The molecule has 2 rings (SSSR count). The number of rotatable bonds is 4.